The van der Waals surface area contributed by atoms with E-state index in [1.807, 2.05) is 13.0 Å². The molecule has 7 heteroatoms. The lowest BCUT2D eigenvalue weighted by Gasteiger charge is -2.04. The second kappa shape index (κ2) is 8.64. The SMILES string of the molecule is CCc1ccc(C(=O)COC(=O)c2ccc(COc3ccc(F)cc3)o2)s1. The van der Waals surface area contributed by atoms with E-state index in [9.17, 15) is 14.0 Å². The Morgan fingerprint density at radius 2 is 1.85 bits per heavy atom. The highest BCUT2D eigenvalue weighted by Crippen LogP contribution is 2.18. The van der Waals surface area contributed by atoms with Gasteiger partial charge in [-0.05, 0) is 55.0 Å². The lowest BCUT2D eigenvalue weighted by Crippen LogP contribution is -2.12. The van der Waals surface area contributed by atoms with Gasteiger partial charge in [-0.3, -0.25) is 4.79 Å². The minimum atomic E-state index is -0.719. The lowest BCUT2D eigenvalue weighted by molar-refractivity contribution is 0.0441. The van der Waals surface area contributed by atoms with Gasteiger partial charge in [-0.1, -0.05) is 6.92 Å². The monoisotopic (exact) mass is 388 g/mol. The van der Waals surface area contributed by atoms with E-state index in [-0.39, 0.29) is 30.6 Å². The zero-order chi connectivity index (χ0) is 19.2. The number of hydrogen-bond donors (Lipinski definition) is 0. The van der Waals surface area contributed by atoms with E-state index >= 15 is 0 Å². The zero-order valence-electron chi connectivity index (χ0n) is 14.6. The molecule has 0 aliphatic rings. The summed E-state index contributed by atoms with van der Waals surface area (Å²) in [4.78, 5) is 25.7. The topological polar surface area (TPSA) is 65.7 Å². The summed E-state index contributed by atoms with van der Waals surface area (Å²) < 4.78 is 28.7. The molecule has 3 aromatic rings. The van der Waals surface area contributed by atoms with Gasteiger partial charge in [-0.15, -0.1) is 11.3 Å². The molecule has 0 fully saturated rings. The van der Waals surface area contributed by atoms with Gasteiger partial charge >= 0.3 is 5.97 Å². The van der Waals surface area contributed by atoms with Crippen LogP contribution in [0.4, 0.5) is 4.39 Å². The van der Waals surface area contributed by atoms with Crippen molar-refractivity contribution in [3.8, 4) is 5.75 Å². The summed E-state index contributed by atoms with van der Waals surface area (Å²) >= 11 is 1.39. The molecule has 0 bridgehead atoms. The Bertz CT molecular complexity index is 926. The largest absolute Gasteiger partial charge is 0.486 e. The van der Waals surface area contributed by atoms with Crippen LogP contribution in [0, 0.1) is 5.82 Å². The summed E-state index contributed by atoms with van der Waals surface area (Å²) in [5, 5.41) is 0. The first-order valence-electron chi connectivity index (χ1n) is 8.31. The number of ketones is 1. The number of ether oxygens (including phenoxy) is 2. The number of carbonyl (C=O) groups is 2. The molecule has 140 valence electrons. The highest BCUT2D eigenvalue weighted by atomic mass is 32.1. The van der Waals surface area contributed by atoms with E-state index in [4.69, 9.17) is 13.9 Å². The molecular formula is C20H17FO5S. The molecule has 0 aliphatic heterocycles. The molecular weight excluding hydrogens is 371 g/mol. The van der Waals surface area contributed by atoms with Crippen LogP contribution in [0.15, 0.2) is 52.9 Å². The predicted octanol–water partition coefficient (Wildman–Crippen LogP) is 4.66. The summed E-state index contributed by atoms with van der Waals surface area (Å²) in [5.41, 5.74) is 0. The van der Waals surface area contributed by atoms with Gasteiger partial charge in [0.2, 0.25) is 11.5 Å². The standard InChI is InChI=1S/C20H17FO5S/c1-2-16-8-10-19(27-16)17(22)12-25-20(23)18-9-7-15(26-18)11-24-14-5-3-13(21)4-6-14/h3-10H,2,11-12H2,1H3. The van der Waals surface area contributed by atoms with Crippen LogP contribution in [0.25, 0.3) is 0 Å². The number of furan rings is 1. The average molecular weight is 388 g/mol. The quantitative estimate of drug-likeness (QED) is 0.415. The Morgan fingerprint density at radius 3 is 2.56 bits per heavy atom. The number of esters is 1. The number of thiophene rings is 1. The van der Waals surface area contributed by atoms with E-state index in [2.05, 4.69) is 0 Å². The molecule has 2 aromatic heterocycles. The maximum atomic E-state index is 12.9. The van der Waals surface area contributed by atoms with Crippen molar-refractivity contribution in [1.82, 2.24) is 0 Å². The molecule has 2 heterocycles. The van der Waals surface area contributed by atoms with Crippen molar-refractivity contribution in [1.29, 1.82) is 0 Å². The molecule has 27 heavy (non-hydrogen) atoms. The fourth-order valence-corrected chi connectivity index (χ4v) is 3.11. The predicted molar refractivity (Wildman–Crippen MR) is 97.8 cm³/mol. The number of benzene rings is 1. The first-order chi connectivity index (χ1) is 13.0. The zero-order valence-corrected chi connectivity index (χ0v) is 15.4. The molecule has 0 spiro atoms. The Labute approximate surface area is 159 Å². The van der Waals surface area contributed by atoms with Gasteiger partial charge in [-0.2, -0.15) is 0 Å². The summed E-state index contributed by atoms with van der Waals surface area (Å²) in [6.07, 6.45) is 0.854. The third-order valence-corrected chi connectivity index (χ3v) is 4.95. The van der Waals surface area contributed by atoms with Gasteiger partial charge in [-0.25, -0.2) is 9.18 Å². The molecule has 0 amide bonds. The van der Waals surface area contributed by atoms with E-state index in [1.54, 1.807) is 12.1 Å². The maximum absolute atomic E-state index is 12.9. The maximum Gasteiger partial charge on any atom is 0.374 e. The van der Waals surface area contributed by atoms with Crippen LogP contribution < -0.4 is 4.74 Å². The Kier molecular flexibility index (Phi) is 6.03. The first kappa shape index (κ1) is 18.8. The fraction of sp³-hybridized carbons (Fsp3) is 0.200. The Balaban J connectivity index is 1.50. The van der Waals surface area contributed by atoms with Gasteiger partial charge in [0.15, 0.2) is 6.61 Å². The van der Waals surface area contributed by atoms with Crippen molar-refractivity contribution < 1.29 is 27.9 Å². The third kappa shape index (κ3) is 5.04. The molecule has 0 saturated carbocycles. The van der Waals surface area contributed by atoms with Crippen molar-refractivity contribution in [2.45, 2.75) is 20.0 Å². The minimum absolute atomic E-state index is 0.0130. The summed E-state index contributed by atoms with van der Waals surface area (Å²) in [5.74, 6) is -0.453. The second-order valence-corrected chi connectivity index (χ2v) is 6.80. The average Bonchev–Trinajstić information content (AvgIpc) is 3.35. The molecule has 3 rings (SSSR count). The molecule has 0 radical (unpaired) electrons. The van der Waals surface area contributed by atoms with Crippen LogP contribution in [0.5, 0.6) is 5.75 Å². The van der Waals surface area contributed by atoms with Crippen molar-refractivity contribution in [3.05, 3.63) is 75.6 Å². The first-order valence-corrected chi connectivity index (χ1v) is 9.13. The van der Waals surface area contributed by atoms with Gasteiger partial charge in [0.25, 0.3) is 0 Å². The normalized spacial score (nSPS) is 10.6. The van der Waals surface area contributed by atoms with Crippen LogP contribution in [-0.4, -0.2) is 18.4 Å². The van der Waals surface area contributed by atoms with Gasteiger partial charge < -0.3 is 13.9 Å². The molecule has 0 N–H and O–H groups in total. The highest BCUT2D eigenvalue weighted by molar-refractivity contribution is 7.14. The van der Waals surface area contributed by atoms with Crippen LogP contribution >= 0.6 is 11.3 Å². The highest BCUT2D eigenvalue weighted by Gasteiger charge is 2.16. The fourth-order valence-electron chi connectivity index (χ4n) is 2.24. The van der Waals surface area contributed by atoms with Crippen LogP contribution in [-0.2, 0) is 17.8 Å². The Morgan fingerprint density at radius 1 is 1.07 bits per heavy atom. The van der Waals surface area contributed by atoms with Crippen LogP contribution in [0.1, 0.15) is 37.8 Å². The molecule has 5 nitrogen and oxygen atoms in total. The minimum Gasteiger partial charge on any atom is -0.486 e. The van der Waals surface area contributed by atoms with Gasteiger partial charge in [0.1, 0.15) is 23.9 Å². The number of carbonyl (C=O) groups excluding carboxylic acids is 2. The van der Waals surface area contributed by atoms with Crippen molar-refractivity contribution in [2.24, 2.45) is 0 Å². The third-order valence-electron chi connectivity index (χ3n) is 3.68. The van der Waals surface area contributed by atoms with Crippen molar-refractivity contribution in [3.63, 3.8) is 0 Å². The number of hydrogen-bond acceptors (Lipinski definition) is 6. The molecule has 0 saturated heterocycles. The van der Waals surface area contributed by atoms with Gasteiger partial charge in [0, 0.05) is 4.88 Å². The van der Waals surface area contributed by atoms with E-state index in [0.717, 1.165) is 11.3 Å². The molecule has 1 aromatic carbocycles. The smallest absolute Gasteiger partial charge is 0.374 e. The second-order valence-electron chi connectivity index (χ2n) is 5.63. The Hall–Kier alpha value is -2.93. The van der Waals surface area contributed by atoms with E-state index in [1.165, 1.54) is 41.7 Å². The van der Waals surface area contributed by atoms with Crippen LogP contribution in [0.3, 0.4) is 0 Å². The number of rotatable bonds is 8. The van der Waals surface area contributed by atoms with Crippen LogP contribution in [0.2, 0.25) is 0 Å². The molecule has 0 atom stereocenters. The van der Waals surface area contributed by atoms with Gasteiger partial charge in [0.05, 0.1) is 4.88 Å². The molecule has 0 aliphatic carbocycles. The number of Topliss-reactive ketones (excluding diaryl/α,β-unsaturated/α-hetero) is 1. The van der Waals surface area contributed by atoms with Crippen molar-refractivity contribution >= 4 is 23.1 Å². The van der Waals surface area contributed by atoms with E-state index in [0.29, 0.717) is 16.4 Å². The summed E-state index contributed by atoms with van der Waals surface area (Å²) in [6, 6.07) is 12.2. The lowest BCUT2D eigenvalue weighted by atomic mass is 10.3. The number of halogens is 1. The summed E-state index contributed by atoms with van der Waals surface area (Å²) in [6.45, 7) is 1.74. The molecule has 0 unspecified atom stereocenters. The summed E-state index contributed by atoms with van der Waals surface area (Å²) in [7, 11) is 0. The number of aryl methyl sites for hydroxylation is 1. The van der Waals surface area contributed by atoms with E-state index < -0.39 is 5.97 Å². The van der Waals surface area contributed by atoms with Crippen molar-refractivity contribution in [2.75, 3.05) is 6.61 Å².